The van der Waals surface area contributed by atoms with E-state index in [1.54, 1.807) is 0 Å². The molecular formula is C13H21NOS. The van der Waals surface area contributed by atoms with Crippen LogP contribution in [-0.2, 0) is 10.8 Å². The minimum absolute atomic E-state index is 0.000690. The first-order chi connectivity index (χ1) is 7.47. The lowest BCUT2D eigenvalue weighted by Gasteiger charge is -2.19. The van der Waals surface area contributed by atoms with Crippen molar-refractivity contribution in [3.8, 4) is 0 Å². The lowest BCUT2D eigenvalue weighted by Crippen LogP contribution is -2.35. The van der Waals surface area contributed by atoms with Gasteiger partial charge in [0, 0.05) is 10.9 Å². The van der Waals surface area contributed by atoms with E-state index in [0.717, 1.165) is 22.4 Å². The predicted molar refractivity (Wildman–Crippen MR) is 70.1 cm³/mol. The second kappa shape index (κ2) is 5.60. The minimum Gasteiger partial charge on any atom is -0.327 e. The van der Waals surface area contributed by atoms with Crippen molar-refractivity contribution in [2.45, 2.75) is 50.3 Å². The zero-order valence-corrected chi connectivity index (χ0v) is 11.3. The van der Waals surface area contributed by atoms with E-state index in [-0.39, 0.29) is 11.3 Å². The lowest BCUT2D eigenvalue weighted by atomic mass is 10.2. The monoisotopic (exact) mass is 239 g/mol. The summed E-state index contributed by atoms with van der Waals surface area (Å²) in [5.74, 6) is 0. The maximum atomic E-state index is 12.3. The van der Waals surface area contributed by atoms with Crippen molar-refractivity contribution < 1.29 is 4.21 Å². The van der Waals surface area contributed by atoms with E-state index in [0.29, 0.717) is 0 Å². The van der Waals surface area contributed by atoms with Crippen LogP contribution in [0.5, 0.6) is 0 Å². The van der Waals surface area contributed by atoms with Crippen molar-refractivity contribution in [1.29, 1.82) is 0 Å². The number of hydrogen-bond donors (Lipinski definition) is 1. The van der Waals surface area contributed by atoms with Crippen molar-refractivity contribution in [2.75, 3.05) is 0 Å². The van der Waals surface area contributed by atoms with Crippen LogP contribution in [-0.4, -0.2) is 15.5 Å². The molecule has 3 heteroatoms. The molecule has 0 aliphatic heterocycles. The van der Waals surface area contributed by atoms with Crippen molar-refractivity contribution in [3.05, 3.63) is 29.3 Å². The van der Waals surface area contributed by atoms with E-state index in [1.807, 2.05) is 45.9 Å². The van der Waals surface area contributed by atoms with Crippen LogP contribution in [0.1, 0.15) is 31.4 Å². The largest absolute Gasteiger partial charge is 0.327 e. The summed E-state index contributed by atoms with van der Waals surface area (Å²) in [7, 11) is -1.00. The van der Waals surface area contributed by atoms with Crippen molar-refractivity contribution in [3.63, 3.8) is 0 Å². The average Bonchev–Trinajstić information content (AvgIpc) is 2.29. The Labute approximate surface area is 101 Å². The normalized spacial score (nSPS) is 16.8. The van der Waals surface area contributed by atoms with Gasteiger partial charge in [-0.25, -0.2) is 0 Å². The standard InChI is InChI=1S/C13H21NOS/c1-5-12(14)11(4)16(15)13-8-9(2)6-7-10(13)3/h6-8,11-12H,5,14H2,1-4H3. The highest BCUT2D eigenvalue weighted by atomic mass is 32.2. The van der Waals surface area contributed by atoms with Gasteiger partial charge in [-0.2, -0.15) is 0 Å². The second-order valence-corrected chi connectivity index (χ2v) is 6.12. The predicted octanol–water partition coefficient (Wildman–Crippen LogP) is 2.54. The van der Waals surface area contributed by atoms with Crippen LogP contribution in [0.3, 0.4) is 0 Å². The summed E-state index contributed by atoms with van der Waals surface area (Å²) >= 11 is 0. The summed E-state index contributed by atoms with van der Waals surface area (Å²) in [5, 5.41) is 0.00509. The molecule has 0 heterocycles. The van der Waals surface area contributed by atoms with Gasteiger partial charge < -0.3 is 5.73 Å². The Bertz CT molecular complexity index is 390. The second-order valence-electron chi connectivity index (χ2n) is 4.34. The molecule has 0 bridgehead atoms. The number of benzene rings is 1. The van der Waals surface area contributed by atoms with Crippen molar-refractivity contribution >= 4 is 10.8 Å². The molecule has 2 N–H and O–H groups in total. The Morgan fingerprint density at radius 2 is 2.00 bits per heavy atom. The van der Waals surface area contributed by atoms with Gasteiger partial charge in [-0.1, -0.05) is 19.1 Å². The zero-order valence-electron chi connectivity index (χ0n) is 10.5. The minimum atomic E-state index is -1.00. The molecule has 90 valence electrons. The number of rotatable bonds is 4. The van der Waals surface area contributed by atoms with Gasteiger partial charge >= 0.3 is 0 Å². The van der Waals surface area contributed by atoms with Gasteiger partial charge in [0.15, 0.2) is 0 Å². The van der Waals surface area contributed by atoms with E-state index < -0.39 is 10.8 Å². The van der Waals surface area contributed by atoms with Crippen LogP contribution in [0.15, 0.2) is 23.1 Å². The van der Waals surface area contributed by atoms with Crippen LogP contribution in [0, 0.1) is 13.8 Å². The Balaban J connectivity index is 3.00. The Hall–Kier alpha value is -0.670. The van der Waals surface area contributed by atoms with Gasteiger partial charge in [-0.3, -0.25) is 4.21 Å². The molecule has 0 saturated heterocycles. The summed E-state index contributed by atoms with van der Waals surface area (Å²) in [6.07, 6.45) is 0.859. The third kappa shape index (κ3) is 2.92. The average molecular weight is 239 g/mol. The van der Waals surface area contributed by atoms with Gasteiger partial charge in [0.05, 0.1) is 16.0 Å². The van der Waals surface area contributed by atoms with E-state index in [2.05, 4.69) is 0 Å². The topological polar surface area (TPSA) is 43.1 Å². The molecule has 16 heavy (non-hydrogen) atoms. The molecule has 0 amide bonds. The SMILES string of the molecule is CCC(N)C(C)S(=O)c1cc(C)ccc1C. The van der Waals surface area contributed by atoms with Gasteiger partial charge in [0.1, 0.15) is 0 Å². The number of nitrogens with two attached hydrogens (primary N) is 1. The molecule has 3 atom stereocenters. The first kappa shape index (κ1) is 13.4. The molecule has 0 fully saturated rings. The molecule has 0 aliphatic carbocycles. The first-order valence-electron chi connectivity index (χ1n) is 5.70. The molecule has 1 rings (SSSR count). The fourth-order valence-electron chi connectivity index (χ4n) is 1.62. The maximum Gasteiger partial charge on any atom is 0.0576 e. The van der Waals surface area contributed by atoms with E-state index in [1.165, 1.54) is 0 Å². The summed E-state index contributed by atoms with van der Waals surface area (Å²) in [6, 6.07) is 6.07. The number of aryl methyl sites for hydroxylation is 2. The summed E-state index contributed by atoms with van der Waals surface area (Å²) in [4.78, 5) is 0.927. The van der Waals surface area contributed by atoms with E-state index in [9.17, 15) is 4.21 Å². The van der Waals surface area contributed by atoms with Gasteiger partial charge in [0.2, 0.25) is 0 Å². The van der Waals surface area contributed by atoms with Crippen molar-refractivity contribution in [2.24, 2.45) is 5.73 Å². The molecule has 3 unspecified atom stereocenters. The summed E-state index contributed by atoms with van der Waals surface area (Å²) < 4.78 is 12.3. The van der Waals surface area contributed by atoms with E-state index in [4.69, 9.17) is 5.73 Å². The van der Waals surface area contributed by atoms with Crippen molar-refractivity contribution in [1.82, 2.24) is 0 Å². The maximum absolute atomic E-state index is 12.3. The van der Waals surface area contributed by atoms with Gasteiger partial charge in [-0.15, -0.1) is 0 Å². The zero-order chi connectivity index (χ0) is 12.3. The Morgan fingerprint density at radius 3 is 2.56 bits per heavy atom. The van der Waals surface area contributed by atoms with Crippen LogP contribution in [0.4, 0.5) is 0 Å². The van der Waals surface area contributed by atoms with Crippen LogP contribution in [0.25, 0.3) is 0 Å². The quantitative estimate of drug-likeness (QED) is 0.877. The van der Waals surface area contributed by atoms with Crippen LogP contribution >= 0.6 is 0 Å². The highest BCUT2D eigenvalue weighted by Crippen LogP contribution is 2.19. The number of hydrogen-bond acceptors (Lipinski definition) is 2. The molecular weight excluding hydrogens is 218 g/mol. The molecule has 2 nitrogen and oxygen atoms in total. The Morgan fingerprint density at radius 1 is 1.38 bits per heavy atom. The third-order valence-electron chi connectivity index (χ3n) is 2.97. The van der Waals surface area contributed by atoms with Gasteiger partial charge in [-0.05, 0) is 44.4 Å². The molecule has 0 aromatic heterocycles. The van der Waals surface area contributed by atoms with Crippen LogP contribution < -0.4 is 5.73 Å². The third-order valence-corrected chi connectivity index (χ3v) is 4.87. The summed E-state index contributed by atoms with van der Waals surface area (Å²) in [6.45, 7) is 8.01. The molecule has 1 aromatic carbocycles. The smallest absolute Gasteiger partial charge is 0.0576 e. The summed E-state index contributed by atoms with van der Waals surface area (Å²) in [5.41, 5.74) is 8.18. The molecule has 0 radical (unpaired) electrons. The van der Waals surface area contributed by atoms with Crippen LogP contribution in [0.2, 0.25) is 0 Å². The fraction of sp³-hybridized carbons (Fsp3) is 0.538. The molecule has 0 saturated carbocycles. The highest BCUT2D eigenvalue weighted by Gasteiger charge is 2.20. The van der Waals surface area contributed by atoms with Gasteiger partial charge in [0.25, 0.3) is 0 Å². The Kier molecular flexibility index (Phi) is 4.69. The molecule has 0 aliphatic rings. The lowest BCUT2D eigenvalue weighted by molar-refractivity contribution is 0.610. The molecule has 1 aromatic rings. The van der Waals surface area contributed by atoms with E-state index >= 15 is 0 Å². The first-order valence-corrected chi connectivity index (χ1v) is 6.92. The molecule has 0 spiro atoms. The highest BCUT2D eigenvalue weighted by molar-refractivity contribution is 7.85. The fourth-order valence-corrected chi connectivity index (χ4v) is 3.21.